The zero-order valence-electron chi connectivity index (χ0n) is 10.0. The Hall–Kier alpha value is -1.69. The van der Waals surface area contributed by atoms with Gasteiger partial charge in [-0.3, -0.25) is 13.8 Å². The molecular formula is C12H12N4OS. The van der Waals surface area contributed by atoms with Gasteiger partial charge >= 0.3 is 0 Å². The van der Waals surface area contributed by atoms with Crippen LogP contribution in [0.2, 0.25) is 0 Å². The van der Waals surface area contributed by atoms with Crippen molar-refractivity contribution in [1.29, 1.82) is 0 Å². The molecule has 1 aliphatic rings. The van der Waals surface area contributed by atoms with Gasteiger partial charge in [0.2, 0.25) is 5.78 Å². The summed E-state index contributed by atoms with van der Waals surface area (Å²) in [5.74, 6) is 0.617. The van der Waals surface area contributed by atoms with Crippen molar-refractivity contribution in [2.75, 3.05) is 0 Å². The van der Waals surface area contributed by atoms with Gasteiger partial charge in [0, 0.05) is 11.9 Å². The van der Waals surface area contributed by atoms with Gasteiger partial charge in [-0.25, -0.2) is 0 Å². The maximum absolute atomic E-state index is 12.5. The first kappa shape index (κ1) is 10.3. The fourth-order valence-corrected chi connectivity index (χ4v) is 4.15. The highest BCUT2D eigenvalue weighted by molar-refractivity contribution is 7.18. The highest BCUT2D eigenvalue weighted by Gasteiger charge is 2.21. The summed E-state index contributed by atoms with van der Waals surface area (Å²) in [5.41, 5.74) is 1.32. The molecule has 0 N–H and O–H groups in total. The minimum Gasteiger partial charge on any atom is -0.279 e. The van der Waals surface area contributed by atoms with E-state index in [1.165, 1.54) is 23.3 Å². The first-order chi connectivity index (χ1) is 8.77. The number of fused-ring (bicyclic) bond motifs is 5. The van der Waals surface area contributed by atoms with Gasteiger partial charge in [-0.15, -0.1) is 21.5 Å². The van der Waals surface area contributed by atoms with Gasteiger partial charge in [0.1, 0.15) is 11.2 Å². The van der Waals surface area contributed by atoms with Crippen LogP contribution >= 0.6 is 11.3 Å². The zero-order valence-corrected chi connectivity index (χ0v) is 10.8. The minimum absolute atomic E-state index is 0.0601. The minimum atomic E-state index is 0.0601. The van der Waals surface area contributed by atoms with Crippen molar-refractivity contribution in [2.45, 2.75) is 25.7 Å². The third kappa shape index (κ3) is 1.13. The summed E-state index contributed by atoms with van der Waals surface area (Å²) in [6.45, 7) is 0. The van der Waals surface area contributed by atoms with Crippen LogP contribution in [0.3, 0.4) is 0 Å². The van der Waals surface area contributed by atoms with E-state index in [0.29, 0.717) is 5.78 Å². The molecule has 4 rings (SSSR count). The molecule has 92 valence electrons. The van der Waals surface area contributed by atoms with E-state index in [1.54, 1.807) is 29.3 Å². The molecule has 1 aliphatic carbocycles. The number of nitrogens with zero attached hydrogens (tertiary/aromatic N) is 4. The quantitative estimate of drug-likeness (QED) is 0.616. The van der Waals surface area contributed by atoms with Crippen LogP contribution in [-0.4, -0.2) is 19.2 Å². The van der Waals surface area contributed by atoms with Crippen molar-refractivity contribution in [3.8, 4) is 0 Å². The van der Waals surface area contributed by atoms with Gasteiger partial charge in [-0.1, -0.05) is 0 Å². The van der Waals surface area contributed by atoms with E-state index in [9.17, 15) is 4.79 Å². The molecule has 0 aromatic carbocycles. The Morgan fingerprint density at radius 2 is 2.17 bits per heavy atom. The molecule has 3 aromatic rings. The average Bonchev–Trinajstić information content (AvgIpc) is 2.99. The molecule has 0 unspecified atom stereocenters. The highest BCUT2D eigenvalue weighted by Crippen LogP contribution is 2.34. The first-order valence-corrected chi connectivity index (χ1v) is 6.92. The van der Waals surface area contributed by atoms with E-state index in [4.69, 9.17) is 0 Å². The van der Waals surface area contributed by atoms with Crippen molar-refractivity contribution in [2.24, 2.45) is 7.05 Å². The number of hydrogen-bond donors (Lipinski definition) is 0. The molecule has 0 saturated heterocycles. The second-order valence-electron chi connectivity index (χ2n) is 4.76. The Labute approximate surface area is 107 Å². The van der Waals surface area contributed by atoms with Crippen molar-refractivity contribution in [3.05, 3.63) is 27.1 Å². The Morgan fingerprint density at radius 1 is 1.33 bits per heavy atom. The summed E-state index contributed by atoms with van der Waals surface area (Å²) in [6, 6.07) is 0. The van der Waals surface area contributed by atoms with Crippen LogP contribution in [0, 0.1) is 0 Å². The second-order valence-corrected chi connectivity index (χ2v) is 5.84. The number of rotatable bonds is 0. The Kier molecular flexibility index (Phi) is 1.94. The van der Waals surface area contributed by atoms with E-state index in [2.05, 4.69) is 10.2 Å². The summed E-state index contributed by atoms with van der Waals surface area (Å²) in [5, 5.41) is 8.82. The highest BCUT2D eigenvalue weighted by atomic mass is 32.1. The zero-order chi connectivity index (χ0) is 12.3. The second kappa shape index (κ2) is 3.41. The van der Waals surface area contributed by atoms with Crippen molar-refractivity contribution < 1.29 is 0 Å². The molecule has 0 spiro atoms. The number of aromatic nitrogens is 4. The van der Waals surface area contributed by atoms with Crippen molar-refractivity contribution in [1.82, 2.24) is 19.2 Å². The molecule has 0 fully saturated rings. The van der Waals surface area contributed by atoms with Crippen LogP contribution in [-0.2, 0) is 19.9 Å². The van der Waals surface area contributed by atoms with E-state index < -0.39 is 0 Å². The molecule has 18 heavy (non-hydrogen) atoms. The van der Waals surface area contributed by atoms with Gasteiger partial charge in [0.05, 0.1) is 5.39 Å². The largest absolute Gasteiger partial charge is 0.279 e. The fourth-order valence-electron chi connectivity index (χ4n) is 2.80. The number of aryl methyl sites for hydroxylation is 3. The monoisotopic (exact) mass is 260 g/mol. The fraction of sp³-hybridized carbons (Fsp3) is 0.417. The topological polar surface area (TPSA) is 52.2 Å². The lowest BCUT2D eigenvalue weighted by Crippen LogP contribution is -2.20. The van der Waals surface area contributed by atoms with Crippen LogP contribution in [0.15, 0.2) is 11.1 Å². The predicted molar refractivity (Wildman–Crippen MR) is 70.3 cm³/mol. The van der Waals surface area contributed by atoms with E-state index in [0.717, 1.165) is 23.1 Å². The standard InChI is InChI=1S/C12H12N4OS/c1-15-10(17)9-7-4-2-3-5-8(7)18-11(9)16-6-13-14-12(15)16/h6H,2-5H2,1H3. The Bertz CT molecular complexity index is 826. The van der Waals surface area contributed by atoms with E-state index in [-0.39, 0.29) is 5.56 Å². The average molecular weight is 260 g/mol. The predicted octanol–water partition coefficient (Wildman–Crippen LogP) is 1.52. The molecule has 0 amide bonds. The maximum Gasteiger partial charge on any atom is 0.263 e. The lowest BCUT2D eigenvalue weighted by atomic mass is 9.97. The van der Waals surface area contributed by atoms with Crippen LogP contribution < -0.4 is 5.56 Å². The van der Waals surface area contributed by atoms with Crippen LogP contribution in [0.5, 0.6) is 0 Å². The Morgan fingerprint density at radius 3 is 3.06 bits per heavy atom. The maximum atomic E-state index is 12.5. The third-order valence-corrected chi connectivity index (χ3v) is 5.01. The van der Waals surface area contributed by atoms with Crippen molar-refractivity contribution >= 4 is 27.3 Å². The number of hydrogen-bond acceptors (Lipinski definition) is 4. The summed E-state index contributed by atoms with van der Waals surface area (Å²) >= 11 is 1.73. The lowest BCUT2D eigenvalue weighted by Gasteiger charge is -2.10. The lowest BCUT2D eigenvalue weighted by molar-refractivity contribution is 0.699. The molecule has 0 saturated carbocycles. The summed E-state index contributed by atoms with van der Waals surface area (Å²) in [4.78, 5) is 14.8. The van der Waals surface area contributed by atoms with Gasteiger partial charge < -0.3 is 0 Å². The summed E-state index contributed by atoms with van der Waals surface area (Å²) in [7, 11) is 1.76. The molecule has 5 nitrogen and oxygen atoms in total. The van der Waals surface area contributed by atoms with E-state index >= 15 is 0 Å². The first-order valence-electron chi connectivity index (χ1n) is 6.10. The Balaban J connectivity index is 2.30. The van der Waals surface area contributed by atoms with E-state index in [1.807, 2.05) is 4.40 Å². The summed E-state index contributed by atoms with van der Waals surface area (Å²) < 4.78 is 3.52. The molecule has 0 aliphatic heterocycles. The van der Waals surface area contributed by atoms with Gasteiger partial charge in [0.15, 0.2) is 0 Å². The van der Waals surface area contributed by atoms with Gasteiger partial charge in [-0.05, 0) is 31.2 Å². The summed E-state index contributed by atoms with van der Waals surface area (Å²) in [6.07, 6.45) is 6.23. The molecule has 0 atom stereocenters. The molecule has 6 heteroatoms. The molecule has 0 bridgehead atoms. The van der Waals surface area contributed by atoms with Gasteiger partial charge in [0.25, 0.3) is 5.56 Å². The van der Waals surface area contributed by atoms with Crippen LogP contribution in [0.25, 0.3) is 16.0 Å². The number of thiophene rings is 1. The molecular weight excluding hydrogens is 248 g/mol. The van der Waals surface area contributed by atoms with Crippen molar-refractivity contribution in [3.63, 3.8) is 0 Å². The molecule has 0 radical (unpaired) electrons. The van der Waals surface area contributed by atoms with Crippen LogP contribution in [0.1, 0.15) is 23.3 Å². The van der Waals surface area contributed by atoms with Gasteiger partial charge in [-0.2, -0.15) is 0 Å². The molecule has 3 heterocycles. The smallest absolute Gasteiger partial charge is 0.263 e. The van der Waals surface area contributed by atoms with Crippen LogP contribution in [0.4, 0.5) is 0 Å². The third-order valence-electron chi connectivity index (χ3n) is 3.72. The normalized spacial score (nSPS) is 15.4. The molecule has 3 aromatic heterocycles. The SMILES string of the molecule is Cn1c(=O)c2c3c(sc2n2cnnc12)CCCC3.